The molecule has 0 bridgehead atoms. The average molecular weight is 318 g/mol. The summed E-state index contributed by atoms with van der Waals surface area (Å²) in [4.78, 5) is 24.0. The molecule has 1 heterocycles. The summed E-state index contributed by atoms with van der Waals surface area (Å²) >= 11 is 1.10. The highest BCUT2D eigenvalue weighted by Gasteiger charge is 2.11. The van der Waals surface area contributed by atoms with Crippen molar-refractivity contribution in [2.75, 3.05) is 14.2 Å². The summed E-state index contributed by atoms with van der Waals surface area (Å²) in [5, 5.41) is 8.87. The number of hydrogen-bond donors (Lipinski definition) is 1. The van der Waals surface area contributed by atoms with Crippen LogP contribution < -0.4 is 9.47 Å². The number of carbonyl (C=O) groups excluding carboxylic acids is 1. The monoisotopic (exact) mass is 318 g/mol. The minimum absolute atomic E-state index is 0.228. The van der Waals surface area contributed by atoms with Crippen LogP contribution in [0.1, 0.15) is 24.9 Å². The second kappa shape index (κ2) is 6.91. The van der Waals surface area contributed by atoms with E-state index in [9.17, 15) is 9.59 Å². The van der Waals surface area contributed by atoms with Crippen molar-refractivity contribution in [1.82, 2.24) is 0 Å². The van der Waals surface area contributed by atoms with Gasteiger partial charge in [-0.3, -0.25) is 4.79 Å². The maximum atomic E-state index is 12.3. The van der Waals surface area contributed by atoms with E-state index in [0.717, 1.165) is 11.3 Å². The van der Waals surface area contributed by atoms with Crippen molar-refractivity contribution in [2.45, 2.75) is 0 Å². The van der Waals surface area contributed by atoms with E-state index >= 15 is 0 Å². The first-order valence-electron chi connectivity index (χ1n) is 6.32. The van der Waals surface area contributed by atoms with Crippen LogP contribution in [0, 0.1) is 0 Å². The first kappa shape index (κ1) is 15.8. The van der Waals surface area contributed by atoms with Gasteiger partial charge in [0.25, 0.3) is 0 Å². The third-order valence-corrected chi connectivity index (χ3v) is 3.95. The Morgan fingerprint density at radius 3 is 2.50 bits per heavy atom. The number of aromatic carboxylic acids is 1. The molecule has 1 N–H and O–H groups in total. The Labute approximate surface area is 131 Å². The molecule has 6 heteroatoms. The van der Waals surface area contributed by atoms with Crippen LogP contribution in [0.3, 0.4) is 0 Å². The van der Waals surface area contributed by atoms with Gasteiger partial charge in [-0.05, 0) is 42.5 Å². The summed E-state index contributed by atoms with van der Waals surface area (Å²) in [6, 6.07) is 8.12. The van der Waals surface area contributed by atoms with Gasteiger partial charge in [-0.1, -0.05) is 0 Å². The zero-order valence-electron chi connectivity index (χ0n) is 12.0. The maximum Gasteiger partial charge on any atom is 0.345 e. The third kappa shape index (κ3) is 3.53. The number of carboxylic acid groups (broad SMARTS) is 1. The first-order chi connectivity index (χ1) is 10.5. The topological polar surface area (TPSA) is 72.8 Å². The average Bonchev–Trinajstić information content (AvgIpc) is 3.01. The number of thiophene rings is 1. The molecule has 0 fully saturated rings. The van der Waals surface area contributed by atoms with Crippen LogP contribution in [-0.2, 0) is 0 Å². The lowest BCUT2D eigenvalue weighted by Gasteiger charge is -2.07. The molecule has 0 spiro atoms. The molecule has 0 amide bonds. The van der Waals surface area contributed by atoms with E-state index in [1.54, 1.807) is 30.3 Å². The zero-order chi connectivity index (χ0) is 16.1. The third-order valence-electron chi connectivity index (χ3n) is 2.91. The Bertz CT molecular complexity index is 730. The van der Waals surface area contributed by atoms with Crippen molar-refractivity contribution in [2.24, 2.45) is 0 Å². The van der Waals surface area contributed by atoms with Crippen LogP contribution >= 0.6 is 11.3 Å². The Kier molecular flexibility index (Phi) is 4.95. The Balaban J connectivity index is 2.24. The van der Waals surface area contributed by atoms with Gasteiger partial charge in [0.2, 0.25) is 0 Å². The summed E-state index contributed by atoms with van der Waals surface area (Å²) < 4.78 is 10.3. The number of ketones is 1. The number of hydrogen-bond acceptors (Lipinski definition) is 5. The van der Waals surface area contributed by atoms with Crippen molar-refractivity contribution in [1.29, 1.82) is 0 Å². The molecular weight excluding hydrogens is 304 g/mol. The molecule has 1 aromatic heterocycles. The van der Waals surface area contributed by atoms with Gasteiger partial charge >= 0.3 is 5.97 Å². The van der Waals surface area contributed by atoms with Gasteiger partial charge in [0.15, 0.2) is 5.78 Å². The number of benzene rings is 1. The number of ether oxygens (including phenoxy) is 2. The first-order valence-corrected chi connectivity index (χ1v) is 7.14. The Hall–Kier alpha value is -2.60. The van der Waals surface area contributed by atoms with E-state index < -0.39 is 5.97 Å². The van der Waals surface area contributed by atoms with Gasteiger partial charge in [-0.15, -0.1) is 11.3 Å². The molecular formula is C16H14O5S. The Morgan fingerprint density at radius 2 is 1.91 bits per heavy atom. The van der Waals surface area contributed by atoms with Crippen molar-refractivity contribution >= 4 is 29.2 Å². The Morgan fingerprint density at radius 1 is 1.14 bits per heavy atom. The van der Waals surface area contributed by atoms with E-state index in [4.69, 9.17) is 14.6 Å². The summed E-state index contributed by atoms with van der Waals surface area (Å²) in [6.45, 7) is 0. The molecule has 22 heavy (non-hydrogen) atoms. The van der Waals surface area contributed by atoms with Crippen LogP contribution in [-0.4, -0.2) is 31.1 Å². The van der Waals surface area contributed by atoms with Crippen molar-refractivity contribution in [3.8, 4) is 11.5 Å². The van der Waals surface area contributed by atoms with Gasteiger partial charge in [0, 0.05) is 4.88 Å². The van der Waals surface area contributed by atoms with Gasteiger partial charge in [0.1, 0.15) is 16.4 Å². The highest BCUT2D eigenvalue weighted by atomic mass is 32.1. The second-order valence-corrected chi connectivity index (χ2v) is 5.39. The van der Waals surface area contributed by atoms with E-state index in [1.807, 2.05) is 0 Å². The number of carbonyl (C=O) groups is 2. The summed E-state index contributed by atoms with van der Waals surface area (Å²) in [5.74, 6) is -0.221. The fourth-order valence-electron chi connectivity index (χ4n) is 1.81. The predicted molar refractivity (Wildman–Crippen MR) is 84.2 cm³/mol. The highest BCUT2D eigenvalue weighted by Crippen LogP contribution is 2.25. The molecule has 0 saturated carbocycles. The molecule has 0 atom stereocenters. The molecule has 1 aromatic carbocycles. The van der Waals surface area contributed by atoms with Gasteiger partial charge < -0.3 is 14.6 Å². The number of methoxy groups -OCH3 is 2. The van der Waals surface area contributed by atoms with Crippen LogP contribution in [0.4, 0.5) is 0 Å². The van der Waals surface area contributed by atoms with Crippen molar-refractivity contribution in [3.05, 3.63) is 51.7 Å². The normalized spacial score (nSPS) is 10.6. The number of allylic oxidation sites excluding steroid dienone is 1. The van der Waals surface area contributed by atoms with Crippen LogP contribution in [0.5, 0.6) is 11.5 Å². The molecule has 2 aromatic rings. The summed E-state index contributed by atoms with van der Waals surface area (Å²) in [6.07, 6.45) is 2.97. The highest BCUT2D eigenvalue weighted by molar-refractivity contribution is 7.14. The minimum Gasteiger partial charge on any atom is -0.497 e. The molecule has 0 aliphatic heterocycles. The number of rotatable bonds is 6. The van der Waals surface area contributed by atoms with E-state index in [0.29, 0.717) is 21.9 Å². The molecule has 0 unspecified atom stereocenters. The molecule has 2 rings (SSSR count). The quantitative estimate of drug-likeness (QED) is 0.653. The lowest BCUT2D eigenvalue weighted by Crippen LogP contribution is -1.99. The maximum absolute atomic E-state index is 12.3. The van der Waals surface area contributed by atoms with Gasteiger partial charge in [-0.2, -0.15) is 0 Å². The van der Waals surface area contributed by atoms with Crippen molar-refractivity contribution < 1.29 is 24.2 Å². The lowest BCUT2D eigenvalue weighted by atomic mass is 10.1. The summed E-state index contributed by atoms with van der Waals surface area (Å²) in [5.41, 5.74) is 0.383. The number of carboxylic acids is 1. The molecule has 0 radical (unpaired) electrons. The van der Waals surface area contributed by atoms with Crippen molar-refractivity contribution in [3.63, 3.8) is 0 Å². The smallest absolute Gasteiger partial charge is 0.345 e. The predicted octanol–water partition coefficient (Wildman–Crippen LogP) is 3.36. The SMILES string of the molecule is COc1ccc(OC)c(C(=O)/C=C/c2ccc(C(=O)O)s2)c1. The lowest BCUT2D eigenvalue weighted by molar-refractivity contribution is 0.0702. The van der Waals surface area contributed by atoms with Crippen LogP contribution in [0.25, 0.3) is 6.08 Å². The second-order valence-electron chi connectivity index (χ2n) is 4.27. The van der Waals surface area contributed by atoms with E-state index in [1.165, 1.54) is 26.4 Å². The van der Waals surface area contributed by atoms with E-state index in [2.05, 4.69) is 0 Å². The molecule has 5 nitrogen and oxygen atoms in total. The fraction of sp³-hybridized carbons (Fsp3) is 0.125. The standard InChI is InChI=1S/C16H14O5S/c1-20-10-3-7-14(21-2)12(9-10)13(17)6-4-11-5-8-15(22-11)16(18)19/h3-9H,1-2H3,(H,18,19)/b6-4+. The van der Waals surface area contributed by atoms with Gasteiger partial charge in [0.05, 0.1) is 19.8 Å². The van der Waals surface area contributed by atoms with Crippen LogP contribution in [0.2, 0.25) is 0 Å². The zero-order valence-corrected chi connectivity index (χ0v) is 12.8. The molecule has 0 aliphatic carbocycles. The molecule has 0 saturated heterocycles. The largest absolute Gasteiger partial charge is 0.497 e. The fourth-order valence-corrected chi connectivity index (χ4v) is 2.56. The van der Waals surface area contributed by atoms with Crippen LogP contribution in [0.15, 0.2) is 36.4 Å². The van der Waals surface area contributed by atoms with Gasteiger partial charge in [-0.25, -0.2) is 4.79 Å². The molecule has 0 aliphatic rings. The summed E-state index contributed by atoms with van der Waals surface area (Å²) in [7, 11) is 3.01. The van der Waals surface area contributed by atoms with E-state index in [-0.39, 0.29) is 10.7 Å². The molecule has 114 valence electrons. The minimum atomic E-state index is -0.981.